The second-order valence-electron chi connectivity index (χ2n) is 4.34. The second kappa shape index (κ2) is 9.71. The summed E-state index contributed by atoms with van der Waals surface area (Å²) in [5, 5.41) is 16.5. The van der Waals surface area contributed by atoms with Crippen molar-refractivity contribution >= 4 is 5.97 Å². The maximum Gasteiger partial charge on any atom is 0.330 e. The maximum atomic E-state index is 9.60. The average Bonchev–Trinajstić information content (AvgIpc) is 2.14. The summed E-state index contributed by atoms with van der Waals surface area (Å²) < 4.78 is 0. The molecule has 0 fully saturated rings. The minimum atomic E-state index is -0.935. The Hall–Kier alpha value is -0.830. The first-order chi connectivity index (χ1) is 6.81. The van der Waals surface area contributed by atoms with E-state index in [4.69, 9.17) is 10.2 Å². The van der Waals surface area contributed by atoms with Crippen LogP contribution < -0.4 is 0 Å². The minimum Gasteiger partial charge on any atom is -0.478 e. The van der Waals surface area contributed by atoms with Crippen molar-refractivity contribution in [1.29, 1.82) is 0 Å². The van der Waals surface area contributed by atoms with E-state index < -0.39 is 5.97 Å². The fourth-order valence-electron chi connectivity index (χ4n) is 0.709. The molecule has 0 bridgehead atoms. The number of aliphatic hydroxyl groups is 1. The Kier molecular flexibility index (Phi) is 10.7. The zero-order valence-electron chi connectivity index (χ0n) is 10.3. The highest BCUT2D eigenvalue weighted by atomic mass is 16.4. The predicted octanol–water partition coefficient (Wildman–Crippen LogP) is 2.70. The Morgan fingerprint density at radius 2 is 1.67 bits per heavy atom. The molecule has 1 unspecified atom stereocenters. The highest BCUT2D eigenvalue weighted by molar-refractivity contribution is 5.84. The first-order valence-electron chi connectivity index (χ1n) is 5.30. The van der Waals surface area contributed by atoms with E-state index in [2.05, 4.69) is 27.4 Å². The van der Waals surface area contributed by atoms with Crippen LogP contribution in [-0.4, -0.2) is 22.8 Å². The first kappa shape index (κ1) is 16.6. The summed E-state index contributed by atoms with van der Waals surface area (Å²) in [6, 6.07) is 0. The molecule has 0 amide bonds. The quantitative estimate of drug-likeness (QED) is 0.695. The fourth-order valence-corrected chi connectivity index (χ4v) is 0.709. The lowest BCUT2D eigenvalue weighted by Gasteiger charge is -2.08. The maximum absolute atomic E-state index is 9.60. The van der Waals surface area contributed by atoms with Crippen LogP contribution in [0.4, 0.5) is 0 Å². The van der Waals surface area contributed by atoms with Gasteiger partial charge >= 0.3 is 5.97 Å². The number of carbonyl (C=O) groups is 1. The van der Waals surface area contributed by atoms with Gasteiger partial charge in [-0.2, -0.15) is 0 Å². The highest BCUT2D eigenvalue weighted by Gasteiger charge is 2.00. The van der Waals surface area contributed by atoms with Gasteiger partial charge in [0.2, 0.25) is 0 Å². The van der Waals surface area contributed by atoms with Crippen molar-refractivity contribution in [3.05, 3.63) is 12.2 Å². The van der Waals surface area contributed by atoms with Crippen LogP contribution in [0.2, 0.25) is 0 Å². The van der Waals surface area contributed by atoms with Crippen LogP contribution in [0.1, 0.15) is 40.5 Å². The van der Waals surface area contributed by atoms with Gasteiger partial charge in [0.15, 0.2) is 0 Å². The summed E-state index contributed by atoms with van der Waals surface area (Å²) in [4.78, 5) is 9.60. The molecule has 2 N–H and O–H groups in total. The van der Waals surface area contributed by atoms with Gasteiger partial charge in [-0.3, -0.25) is 0 Å². The van der Waals surface area contributed by atoms with E-state index in [0.29, 0.717) is 12.5 Å². The van der Waals surface area contributed by atoms with Crippen molar-refractivity contribution in [2.75, 3.05) is 6.61 Å². The molecule has 0 heterocycles. The van der Waals surface area contributed by atoms with Crippen molar-refractivity contribution in [1.82, 2.24) is 0 Å². The van der Waals surface area contributed by atoms with E-state index in [-0.39, 0.29) is 5.57 Å². The van der Waals surface area contributed by atoms with E-state index in [1.54, 1.807) is 0 Å². The van der Waals surface area contributed by atoms with Crippen LogP contribution in [0.15, 0.2) is 12.2 Å². The SMILES string of the molecule is C=C(C)C(=O)O.CC(C)CCC(C)CO. The lowest BCUT2D eigenvalue weighted by Crippen LogP contribution is -2.01. The van der Waals surface area contributed by atoms with Gasteiger partial charge in [0, 0.05) is 12.2 Å². The smallest absolute Gasteiger partial charge is 0.330 e. The van der Waals surface area contributed by atoms with E-state index in [1.165, 1.54) is 13.3 Å². The molecular weight excluding hydrogens is 192 g/mol. The van der Waals surface area contributed by atoms with Crippen LogP contribution in [0, 0.1) is 11.8 Å². The van der Waals surface area contributed by atoms with Gasteiger partial charge in [0.25, 0.3) is 0 Å². The van der Waals surface area contributed by atoms with Crippen LogP contribution in [0.5, 0.6) is 0 Å². The van der Waals surface area contributed by atoms with Crippen LogP contribution in [0.3, 0.4) is 0 Å². The molecule has 0 rings (SSSR count). The molecule has 15 heavy (non-hydrogen) atoms. The minimum absolute atomic E-state index is 0.176. The molecule has 90 valence electrons. The first-order valence-corrected chi connectivity index (χ1v) is 5.30. The van der Waals surface area contributed by atoms with E-state index in [0.717, 1.165) is 12.3 Å². The molecule has 0 saturated carbocycles. The zero-order chi connectivity index (χ0) is 12.4. The van der Waals surface area contributed by atoms with E-state index in [1.807, 2.05) is 0 Å². The topological polar surface area (TPSA) is 57.5 Å². The molecule has 0 aliphatic heterocycles. The van der Waals surface area contributed by atoms with E-state index in [9.17, 15) is 4.79 Å². The molecular formula is C12H24O3. The van der Waals surface area contributed by atoms with Crippen LogP contribution >= 0.6 is 0 Å². The van der Waals surface area contributed by atoms with Crippen molar-refractivity contribution in [3.8, 4) is 0 Å². The summed E-state index contributed by atoms with van der Waals surface area (Å²) in [5.41, 5.74) is 0.176. The molecule has 3 nitrogen and oxygen atoms in total. The fraction of sp³-hybridized carbons (Fsp3) is 0.750. The summed E-state index contributed by atoms with van der Waals surface area (Å²) >= 11 is 0. The molecule has 0 aliphatic carbocycles. The van der Waals surface area contributed by atoms with Gasteiger partial charge < -0.3 is 10.2 Å². The van der Waals surface area contributed by atoms with E-state index >= 15 is 0 Å². The number of hydrogen-bond acceptors (Lipinski definition) is 2. The summed E-state index contributed by atoms with van der Waals surface area (Å²) in [5.74, 6) is 0.335. The third-order valence-corrected chi connectivity index (χ3v) is 1.91. The van der Waals surface area contributed by atoms with Crippen molar-refractivity contribution < 1.29 is 15.0 Å². The molecule has 0 aromatic carbocycles. The Morgan fingerprint density at radius 3 is 1.87 bits per heavy atom. The summed E-state index contributed by atoms with van der Waals surface area (Å²) in [7, 11) is 0. The van der Waals surface area contributed by atoms with Crippen molar-refractivity contribution in [2.24, 2.45) is 11.8 Å². The lowest BCUT2D eigenvalue weighted by atomic mass is 10.0. The number of carboxylic acid groups (broad SMARTS) is 1. The third kappa shape index (κ3) is 15.9. The Balaban J connectivity index is 0. The Bertz CT molecular complexity index is 173. The molecule has 0 radical (unpaired) electrons. The number of rotatable bonds is 5. The number of hydrogen-bond donors (Lipinski definition) is 2. The van der Waals surface area contributed by atoms with Crippen LogP contribution in [0.25, 0.3) is 0 Å². The van der Waals surface area contributed by atoms with Crippen LogP contribution in [-0.2, 0) is 4.79 Å². The largest absolute Gasteiger partial charge is 0.478 e. The second-order valence-corrected chi connectivity index (χ2v) is 4.34. The number of aliphatic carboxylic acids is 1. The van der Waals surface area contributed by atoms with Gasteiger partial charge in [0.1, 0.15) is 0 Å². The van der Waals surface area contributed by atoms with Gasteiger partial charge in [-0.1, -0.05) is 33.8 Å². The standard InChI is InChI=1S/C8H18O.C4H6O2/c1-7(2)4-5-8(3)6-9;1-3(2)4(5)6/h7-9H,4-6H2,1-3H3;1H2,2H3,(H,5,6). The Morgan fingerprint density at radius 1 is 1.27 bits per heavy atom. The molecule has 0 aromatic heterocycles. The summed E-state index contributed by atoms with van der Waals surface area (Å²) in [6.45, 7) is 11.5. The zero-order valence-corrected chi connectivity index (χ0v) is 10.3. The lowest BCUT2D eigenvalue weighted by molar-refractivity contribution is -0.132. The number of aliphatic hydroxyl groups excluding tert-OH is 1. The molecule has 0 aromatic rings. The average molecular weight is 216 g/mol. The monoisotopic (exact) mass is 216 g/mol. The molecule has 0 saturated heterocycles. The van der Waals surface area contributed by atoms with Gasteiger partial charge in [-0.15, -0.1) is 0 Å². The molecule has 1 atom stereocenters. The van der Waals surface area contributed by atoms with Gasteiger partial charge in [-0.25, -0.2) is 4.79 Å². The summed E-state index contributed by atoms with van der Waals surface area (Å²) in [6.07, 6.45) is 2.40. The van der Waals surface area contributed by atoms with Gasteiger partial charge in [-0.05, 0) is 25.2 Å². The Labute approximate surface area is 92.8 Å². The molecule has 0 aliphatic rings. The van der Waals surface area contributed by atoms with Gasteiger partial charge in [0.05, 0.1) is 0 Å². The predicted molar refractivity (Wildman–Crippen MR) is 62.8 cm³/mol. The molecule has 0 spiro atoms. The third-order valence-electron chi connectivity index (χ3n) is 1.91. The molecule has 3 heteroatoms. The van der Waals surface area contributed by atoms with Crippen molar-refractivity contribution in [2.45, 2.75) is 40.5 Å². The highest BCUT2D eigenvalue weighted by Crippen LogP contribution is 2.10. The normalized spacial score (nSPS) is 11.6. The number of carboxylic acids is 1. The van der Waals surface area contributed by atoms with Crippen molar-refractivity contribution in [3.63, 3.8) is 0 Å².